The third-order valence-corrected chi connectivity index (χ3v) is 8.62. The highest BCUT2D eigenvalue weighted by atomic mass is 16.2. The van der Waals surface area contributed by atoms with Crippen molar-refractivity contribution >= 4 is 41.5 Å². The highest BCUT2D eigenvalue weighted by Crippen LogP contribution is 2.35. The molecule has 43 heavy (non-hydrogen) atoms. The molecule has 6 rings (SSSR count). The van der Waals surface area contributed by atoms with Crippen LogP contribution >= 0.6 is 0 Å². The number of piperazine rings is 2. The van der Waals surface area contributed by atoms with Gasteiger partial charge in [-0.2, -0.15) is 10.1 Å². The number of nitrogens with zero attached hydrogens (tertiary/aromatic N) is 10. The molecule has 1 N–H and O–H groups in total. The average molecular weight is 586 g/mol. The normalized spacial score (nSPS) is 21.3. The molecule has 2 bridgehead atoms. The Morgan fingerprint density at radius 1 is 1.14 bits per heavy atom. The number of anilines is 3. The van der Waals surface area contributed by atoms with Gasteiger partial charge in [-0.1, -0.05) is 6.08 Å². The number of carbonyl (C=O) groups excluding carboxylic acids is 2. The maximum Gasteiger partial charge on any atom is 0.247 e. The summed E-state index contributed by atoms with van der Waals surface area (Å²) in [6.07, 6.45) is 13.1. The molecule has 2 atom stereocenters. The minimum absolute atomic E-state index is 0.0677. The van der Waals surface area contributed by atoms with E-state index in [1.54, 1.807) is 27.8 Å². The number of fused-ring (bicyclic) bond motifs is 3. The first kappa shape index (κ1) is 28.6. The van der Waals surface area contributed by atoms with Crippen LogP contribution in [0.2, 0.25) is 0 Å². The number of hydrogen-bond donors (Lipinski definition) is 1. The van der Waals surface area contributed by atoms with Crippen molar-refractivity contribution in [3.05, 3.63) is 54.6 Å². The number of hydrogen-bond acceptors (Lipinski definition) is 9. The van der Waals surface area contributed by atoms with Crippen LogP contribution in [-0.4, -0.2) is 116 Å². The Labute approximate surface area is 251 Å². The largest absolute Gasteiger partial charge is 0.364 e. The number of likely N-dealkylation sites (N-methyl/N-ethyl adjacent to an activating group) is 1. The molecule has 13 nitrogen and oxygen atoms in total. The zero-order valence-electron chi connectivity index (χ0n) is 24.8. The molecule has 3 aromatic heterocycles. The summed E-state index contributed by atoms with van der Waals surface area (Å²) in [5.41, 5.74) is 3.41. The van der Waals surface area contributed by atoms with Crippen LogP contribution in [-0.2, 0) is 16.1 Å². The zero-order chi connectivity index (χ0) is 29.9. The van der Waals surface area contributed by atoms with E-state index in [4.69, 9.17) is 4.98 Å². The minimum atomic E-state index is 0.0677. The SMILES string of the molecule is C=N/C=C\C(=C/C)CC(=O)N1C2CCC1CN(c1cccn3nc(Nc4cnn(CC(=O)N5CCN(C)CC5)c4)nc13)C2. The Balaban J connectivity index is 1.11. The Kier molecular flexibility index (Phi) is 8.23. The summed E-state index contributed by atoms with van der Waals surface area (Å²) in [5.74, 6) is 0.681. The number of rotatable bonds is 9. The van der Waals surface area contributed by atoms with Crippen molar-refractivity contribution in [1.82, 2.24) is 39.1 Å². The lowest BCUT2D eigenvalue weighted by Gasteiger charge is -2.42. The molecule has 3 fully saturated rings. The predicted molar refractivity (Wildman–Crippen MR) is 166 cm³/mol. The summed E-state index contributed by atoms with van der Waals surface area (Å²) in [6, 6.07) is 4.36. The lowest BCUT2D eigenvalue weighted by Crippen LogP contribution is -2.56. The molecule has 0 aliphatic carbocycles. The Morgan fingerprint density at radius 3 is 2.63 bits per heavy atom. The van der Waals surface area contributed by atoms with E-state index in [2.05, 4.69) is 55.0 Å². The van der Waals surface area contributed by atoms with Gasteiger partial charge in [0.2, 0.25) is 17.8 Å². The molecule has 0 radical (unpaired) electrons. The fourth-order valence-electron chi connectivity index (χ4n) is 6.31. The van der Waals surface area contributed by atoms with Gasteiger partial charge in [-0.25, -0.2) is 4.52 Å². The fraction of sp³-hybridized carbons (Fsp3) is 0.467. The molecule has 0 spiro atoms. The highest BCUT2D eigenvalue weighted by molar-refractivity contribution is 5.81. The third kappa shape index (κ3) is 6.17. The zero-order valence-corrected chi connectivity index (χ0v) is 24.8. The molecule has 0 saturated carbocycles. The summed E-state index contributed by atoms with van der Waals surface area (Å²) >= 11 is 0. The molecule has 3 saturated heterocycles. The van der Waals surface area contributed by atoms with E-state index in [1.807, 2.05) is 36.2 Å². The fourth-order valence-corrected chi connectivity index (χ4v) is 6.31. The Bertz CT molecular complexity index is 1530. The maximum atomic E-state index is 13.3. The second-order valence-corrected chi connectivity index (χ2v) is 11.5. The minimum Gasteiger partial charge on any atom is -0.364 e. The number of pyridine rings is 1. The van der Waals surface area contributed by atoms with Crippen LogP contribution in [0.25, 0.3) is 5.65 Å². The summed E-state index contributed by atoms with van der Waals surface area (Å²) < 4.78 is 3.42. The van der Waals surface area contributed by atoms with Crippen LogP contribution in [0.15, 0.2) is 59.6 Å². The van der Waals surface area contributed by atoms with E-state index in [-0.39, 0.29) is 30.4 Å². The van der Waals surface area contributed by atoms with Crippen LogP contribution in [0.4, 0.5) is 17.3 Å². The molecule has 6 heterocycles. The molecule has 3 aliphatic heterocycles. The topological polar surface area (TPSA) is 119 Å². The lowest BCUT2D eigenvalue weighted by molar-refractivity contribution is -0.134. The molecule has 3 aromatic rings. The van der Waals surface area contributed by atoms with E-state index in [9.17, 15) is 9.59 Å². The van der Waals surface area contributed by atoms with Gasteiger partial charge in [0, 0.05) is 69.9 Å². The quantitative estimate of drug-likeness (QED) is 0.300. The molecule has 3 aliphatic rings. The molecule has 2 unspecified atom stereocenters. The lowest BCUT2D eigenvalue weighted by atomic mass is 10.1. The van der Waals surface area contributed by atoms with Crippen LogP contribution in [0.5, 0.6) is 0 Å². The summed E-state index contributed by atoms with van der Waals surface area (Å²) in [6.45, 7) is 10.4. The first-order valence-corrected chi connectivity index (χ1v) is 14.9. The van der Waals surface area contributed by atoms with Crippen molar-refractivity contribution in [2.75, 3.05) is 56.5 Å². The second-order valence-electron chi connectivity index (χ2n) is 11.5. The molecule has 226 valence electrons. The Morgan fingerprint density at radius 2 is 1.91 bits per heavy atom. The van der Waals surface area contributed by atoms with Gasteiger partial charge < -0.3 is 24.9 Å². The first-order valence-electron chi connectivity index (χ1n) is 14.9. The number of nitrogens with one attached hydrogen (secondary N) is 1. The molecular weight excluding hydrogens is 546 g/mol. The van der Waals surface area contributed by atoms with Crippen molar-refractivity contribution < 1.29 is 9.59 Å². The van der Waals surface area contributed by atoms with Gasteiger partial charge >= 0.3 is 0 Å². The van der Waals surface area contributed by atoms with Gasteiger partial charge in [0.15, 0.2) is 5.65 Å². The number of amides is 2. The summed E-state index contributed by atoms with van der Waals surface area (Å²) in [5, 5.41) is 12.2. The first-order chi connectivity index (χ1) is 20.9. The van der Waals surface area contributed by atoms with Crippen LogP contribution in [0, 0.1) is 0 Å². The monoisotopic (exact) mass is 585 g/mol. The number of carbonyl (C=O) groups is 2. The van der Waals surface area contributed by atoms with Gasteiger partial charge in [0.25, 0.3) is 0 Å². The second kappa shape index (κ2) is 12.4. The van der Waals surface area contributed by atoms with E-state index in [0.717, 1.165) is 69.0 Å². The maximum absolute atomic E-state index is 13.3. The number of allylic oxidation sites excluding steroid dienone is 2. The van der Waals surface area contributed by atoms with Crippen LogP contribution < -0.4 is 10.2 Å². The van der Waals surface area contributed by atoms with Gasteiger partial charge in [-0.05, 0) is 57.3 Å². The van der Waals surface area contributed by atoms with Crippen molar-refractivity contribution in [1.29, 1.82) is 0 Å². The number of aliphatic imine (C=N–C) groups is 1. The molecular formula is C30H39N11O2. The van der Waals surface area contributed by atoms with Crippen LogP contribution in [0.1, 0.15) is 26.2 Å². The molecule has 13 heteroatoms. The van der Waals surface area contributed by atoms with Gasteiger partial charge in [-0.15, -0.1) is 5.10 Å². The number of aromatic nitrogens is 5. The van der Waals surface area contributed by atoms with Gasteiger partial charge in [0.05, 0.1) is 24.0 Å². The molecule has 2 amide bonds. The Hall–Kier alpha value is -4.52. The standard InChI is InChI=1S/C30H39N11O2/c1-4-22(9-10-31-2)16-27(42)41-24-7-8-25(41)20-38(19-24)26-6-5-11-40-29(26)34-30(35-40)33-23-17-32-39(18-23)21-28(43)37-14-12-36(3)13-15-37/h4-6,9-11,17-18,24-25H,2,7-8,12-16,19-21H2,1,3H3,(H,33,35)/b10-9-,22-4+. The summed E-state index contributed by atoms with van der Waals surface area (Å²) in [7, 11) is 2.07. The predicted octanol–water partition coefficient (Wildman–Crippen LogP) is 2.17. The van der Waals surface area contributed by atoms with Gasteiger partial charge in [-0.3, -0.25) is 19.3 Å². The van der Waals surface area contributed by atoms with Gasteiger partial charge in [0.1, 0.15) is 6.54 Å². The van der Waals surface area contributed by atoms with E-state index in [1.165, 1.54) is 0 Å². The van der Waals surface area contributed by atoms with Crippen molar-refractivity contribution in [2.45, 2.75) is 44.8 Å². The van der Waals surface area contributed by atoms with Crippen molar-refractivity contribution in [3.8, 4) is 0 Å². The van der Waals surface area contributed by atoms with Crippen molar-refractivity contribution in [2.24, 2.45) is 4.99 Å². The van der Waals surface area contributed by atoms with Crippen LogP contribution in [0.3, 0.4) is 0 Å². The average Bonchev–Trinajstić information content (AvgIpc) is 3.70. The molecule has 0 aromatic carbocycles. The smallest absolute Gasteiger partial charge is 0.247 e. The summed E-state index contributed by atoms with van der Waals surface area (Å²) in [4.78, 5) is 43.1. The highest BCUT2D eigenvalue weighted by Gasteiger charge is 2.42. The van der Waals surface area contributed by atoms with E-state index < -0.39 is 0 Å². The third-order valence-electron chi connectivity index (χ3n) is 8.62. The van der Waals surface area contributed by atoms with E-state index in [0.29, 0.717) is 18.1 Å². The van der Waals surface area contributed by atoms with Crippen molar-refractivity contribution in [3.63, 3.8) is 0 Å². The van der Waals surface area contributed by atoms with E-state index >= 15 is 0 Å².